The summed E-state index contributed by atoms with van der Waals surface area (Å²) < 4.78 is 5.59. The molecule has 2 fully saturated rings. The molecule has 1 saturated heterocycles. The lowest BCUT2D eigenvalue weighted by molar-refractivity contribution is -0.142. The number of aliphatic carboxylic acids is 1. The Kier molecular flexibility index (Phi) is 4.52. The SMILES string of the molecule is CC1(C)CN(C(=O)NC2CCC(C(=O)O)CC2)CCO1. The Morgan fingerprint density at radius 3 is 2.45 bits per heavy atom. The van der Waals surface area contributed by atoms with Crippen molar-refractivity contribution in [2.75, 3.05) is 19.7 Å². The predicted molar refractivity (Wildman–Crippen MR) is 73.5 cm³/mol. The van der Waals surface area contributed by atoms with E-state index in [2.05, 4.69) is 5.32 Å². The highest BCUT2D eigenvalue weighted by Gasteiger charge is 2.32. The second-order valence-electron chi connectivity index (χ2n) is 6.37. The van der Waals surface area contributed by atoms with Crippen molar-refractivity contribution >= 4 is 12.0 Å². The fourth-order valence-corrected chi connectivity index (χ4v) is 2.94. The van der Waals surface area contributed by atoms with E-state index in [0.29, 0.717) is 32.5 Å². The van der Waals surface area contributed by atoms with Crippen LogP contribution in [0.4, 0.5) is 4.79 Å². The molecule has 0 unspecified atom stereocenters. The number of amides is 2. The normalized spacial score (nSPS) is 29.8. The van der Waals surface area contributed by atoms with Gasteiger partial charge in [0.1, 0.15) is 0 Å². The zero-order chi connectivity index (χ0) is 14.8. The van der Waals surface area contributed by atoms with Gasteiger partial charge in [0.2, 0.25) is 0 Å². The number of ether oxygens (including phenoxy) is 1. The first kappa shape index (κ1) is 15.1. The van der Waals surface area contributed by atoms with Crippen LogP contribution in [0.1, 0.15) is 39.5 Å². The Bertz CT molecular complexity index is 375. The Hall–Kier alpha value is -1.30. The Morgan fingerprint density at radius 2 is 1.90 bits per heavy atom. The smallest absolute Gasteiger partial charge is 0.317 e. The second kappa shape index (κ2) is 5.99. The zero-order valence-corrected chi connectivity index (χ0v) is 12.2. The minimum Gasteiger partial charge on any atom is -0.481 e. The van der Waals surface area contributed by atoms with Crippen LogP contribution in [0.5, 0.6) is 0 Å². The van der Waals surface area contributed by atoms with Gasteiger partial charge in [-0.25, -0.2) is 4.79 Å². The topological polar surface area (TPSA) is 78.9 Å². The quantitative estimate of drug-likeness (QED) is 0.804. The van der Waals surface area contributed by atoms with Crippen molar-refractivity contribution in [3.8, 4) is 0 Å². The predicted octanol–water partition coefficient (Wildman–Crippen LogP) is 1.45. The molecule has 0 aromatic heterocycles. The van der Waals surface area contributed by atoms with Crippen LogP contribution in [0, 0.1) is 5.92 Å². The summed E-state index contributed by atoms with van der Waals surface area (Å²) in [6, 6.07) is 0.0456. The van der Waals surface area contributed by atoms with E-state index < -0.39 is 5.97 Å². The molecule has 2 aliphatic rings. The minimum absolute atomic E-state index is 0.0554. The van der Waals surface area contributed by atoms with Crippen molar-refractivity contribution in [3.63, 3.8) is 0 Å². The van der Waals surface area contributed by atoms with Crippen molar-refractivity contribution < 1.29 is 19.4 Å². The molecule has 1 aliphatic carbocycles. The van der Waals surface area contributed by atoms with Crippen LogP contribution in [0.3, 0.4) is 0 Å². The summed E-state index contributed by atoms with van der Waals surface area (Å²) >= 11 is 0. The van der Waals surface area contributed by atoms with Gasteiger partial charge in [0, 0.05) is 12.6 Å². The first-order valence-electron chi connectivity index (χ1n) is 7.29. The fourth-order valence-electron chi connectivity index (χ4n) is 2.94. The van der Waals surface area contributed by atoms with Gasteiger partial charge in [0.25, 0.3) is 0 Å². The van der Waals surface area contributed by atoms with E-state index in [9.17, 15) is 9.59 Å². The fraction of sp³-hybridized carbons (Fsp3) is 0.857. The van der Waals surface area contributed by atoms with Crippen LogP contribution < -0.4 is 5.32 Å². The van der Waals surface area contributed by atoms with Crippen molar-refractivity contribution in [2.24, 2.45) is 5.92 Å². The number of carboxylic acids is 1. The maximum atomic E-state index is 12.2. The van der Waals surface area contributed by atoms with E-state index in [0.717, 1.165) is 12.8 Å². The van der Waals surface area contributed by atoms with Crippen LogP contribution in [-0.2, 0) is 9.53 Å². The molecule has 0 radical (unpaired) electrons. The van der Waals surface area contributed by atoms with E-state index in [1.54, 1.807) is 4.90 Å². The number of nitrogens with zero attached hydrogens (tertiary/aromatic N) is 1. The highest BCUT2D eigenvalue weighted by atomic mass is 16.5. The molecule has 1 aliphatic heterocycles. The van der Waals surface area contributed by atoms with Gasteiger partial charge in [-0.05, 0) is 39.5 Å². The molecular formula is C14H24N2O4. The lowest BCUT2D eigenvalue weighted by Crippen LogP contribution is -2.55. The number of hydrogen-bond donors (Lipinski definition) is 2. The molecule has 2 N–H and O–H groups in total. The van der Waals surface area contributed by atoms with Gasteiger partial charge in [0.05, 0.1) is 24.7 Å². The molecule has 0 aromatic carbocycles. The van der Waals surface area contributed by atoms with Crippen molar-refractivity contribution in [1.29, 1.82) is 0 Å². The van der Waals surface area contributed by atoms with Gasteiger partial charge >= 0.3 is 12.0 Å². The number of carbonyl (C=O) groups excluding carboxylic acids is 1. The summed E-state index contributed by atoms with van der Waals surface area (Å²) in [5.74, 6) is -0.963. The maximum absolute atomic E-state index is 12.2. The molecule has 6 heteroatoms. The van der Waals surface area contributed by atoms with Gasteiger partial charge in [-0.2, -0.15) is 0 Å². The first-order chi connectivity index (χ1) is 9.37. The molecule has 114 valence electrons. The molecule has 2 amide bonds. The van der Waals surface area contributed by atoms with Crippen LogP contribution in [0.25, 0.3) is 0 Å². The van der Waals surface area contributed by atoms with Crippen LogP contribution in [-0.4, -0.2) is 53.3 Å². The number of urea groups is 1. The van der Waals surface area contributed by atoms with E-state index in [4.69, 9.17) is 9.84 Å². The summed E-state index contributed by atoms with van der Waals surface area (Å²) in [6.07, 6.45) is 2.79. The van der Waals surface area contributed by atoms with Crippen molar-refractivity contribution in [3.05, 3.63) is 0 Å². The number of rotatable bonds is 2. The molecule has 0 aromatic rings. The molecule has 6 nitrogen and oxygen atoms in total. The summed E-state index contributed by atoms with van der Waals surface area (Å²) in [5.41, 5.74) is -0.295. The second-order valence-corrected chi connectivity index (χ2v) is 6.37. The summed E-state index contributed by atoms with van der Waals surface area (Å²) in [5, 5.41) is 12.0. The van der Waals surface area contributed by atoms with Gasteiger partial charge in [-0.1, -0.05) is 0 Å². The number of carboxylic acid groups (broad SMARTS) is 1. The van der Waals surface area contributed by atoms with Gasteiger partial charge in [0.15, 0.2) is 0 Å². The number of hydrogen-bond acceptors (Lipinski definition) is 3. The highest BCUT2D eigenvalue weighted by molar-refractivity contribution is 5.75. The summed E-state index contributed by atoms with van der Waals surface area (Å²) in [7, 11) is 0. The summed E-state index contributed by atoms with van der Waals surface area (Å²) in [4.78, 5) is 24.9. The largest absolute Gasteiger partial charge is 0.481 e. The van der Waals surface area contributed by atoms with Crippen LogP contribution in [0.15, 0.2) is 0 Å². The van der Waals surface area contributed by atoms with Gasteiger partial charge in [-0.3, -0.25) is 4.79 Å². The summed E-state index contributed by atoms with van der Waals surface area (Å²) in [6.45, 7) is 5.71. The monoisotopic (exact) mass is 284 g/mol. The average Bonchev–Trinajstić information content (AvgIpc) is 2.38. The lowest BCUT2D eigenvalue weighted by atomic mass is 9.86. The molecular weight excluding hydrogens is 260 g/mol. The lowest BCUT2D eigenvalue weighted by Gasteiger charge is -2.39. The zero-order valence-electron chi connectivity index (χ0n) is 12.2. The first-order valence-corrected chi connectivity index (χ1v) is 7.29. The third-order valence-corrected chi connectivity index (χ3v) is 4.12. The van der Waals surface area contributed by atoms with Crippen molar-refractivity contribution in [1.82, 2.24) is 10.2 Å². The molecule has 0 atom stereocenters. The Morgan fingerprint density at radius 1 is 1.25 bits per heavy atom. The Balaban J connectivity index is 1.79. The highest BCUT2D eigenvalue weighted by Crippen LogP contribution is 2.25. The van der Waals surface area contributed by atoms with Gasteiger partial charge < -0.3 is 20.1 Å². The van der Waals surface area contributed by atoms with E-state index in [1.807, 2.05) is 13.8 Å². The molecule has 20 heavy (non-hydrogen) atoms. The molecule has 0 spiro atoms. The van der Waals surface area contributed by atoms with E-state index in [1.165, 1.54) is 0 Å². The molecule has 1 saturated carbocycles. The van der Waals surface area contributed by atoms with Crippen LogP contribution >= 0.6 is 0 Å². The van der Waals surface area contributed by atoms with E-state index in [-0.39, 0.29) is 23.6 Å². The standard InChI is InChI=1S/C14H24N2O4/c1-14(2)9-16(7-8-20-14)13(19)15-11-5-3-10(4-6-11)12(17)18/h10-11H,3-9H2,1-2H3,(H,15,19)(H,17,18). The minimum atomic E-state index is -0.718. The third-order valence-electron chi connectivity index (χ3n) is 4.12. The molecule has 1 heterocycles. The number of morpholine rings is 1. The molecule has 2 rings (SSSR count). The third kappa shape index (κ3) is 3.85. The number of nitrogens with one attached hydrogen (secondary N) is 1. The van der Waals surface area contributed by atoms with Gasteiger partial charge in [-0.15, -0.1) is 0 Å². The van der Waals surface area contributed by atoms with E-state index >= 15 is 0 Å². The maximum Gasteiger partial charge on any atom is 0.317 e. The molecule has 0 bridgehead atoms. The Labute approximate surface area is 119 Å². The van der Waals surface area contributed by atoms with Crippen molar-refractivity contribution in [2.45, 2.75) is 51.2 Å². The van der Waals surface area contributed by atoms with Crippen LogP contribution in [0.2, 0.25) is 0 Å². The number of carbonyl (C=O) groups is 2. The average molecular weight is 284 g/mol.